The van der Waals surface area contributed by atoms with E-state index in [1.165, 1.54) is 40.7 Å². The summed E-state index contributed by atoms with van der Waals surface area (Å²) in [5.74, 6) is -5.25. The van der Waals surface area contributed by atoms with E-state index >= 15 is 0 Å². The molecule has 15 heteroatoms. The number of nitrogens with zero attached hydrogens (tertiary/aromatic N) is 4. The quantitative estimate of drug-likeness (QED) is 0.255. The van der Waals surface area contributed by atoms with Crippen LogP contribution in [0, 0.1) is 23.7 Å². The Labute approximate surface area is 328 Å². The Bertz CT molecular complexity index is 1400. The van der Waals surface area contributed by atoms with Crippen LogP contribution in [0.3, 0.4) is 0 Å². The number of amides is 7. The van der Waals surface area contributed by atoms with E-state index in [0.29, 0.717) is 25.7 Å². The van der Waals surface area contributed by atoms with Crippen molar-refractivity contribution in [3.8, 4) is 0 Å². The first-order valence-electron chi connectivity index (χ1n) is 19.9. The molecule has 2 aliphatic rings. The van der Waals surface area contributed by atoms with E-state index < -0.39 is 102 Å². The summed E-state index contributed by atoms with van der Waals surface area (Å²) in [6.07, 6.45) is 2.75. The van der Waals surface area contributed by atoms with Gasteiger partial charge in [-0.25, -0.2) is 0 Å². The van der Waals surface area contributed by atoms with Gasteiger partial charge in [-0.1, -0.05) is 61.0 Å². The molecular formula is C40H69N7O8. The molecule has 0 spiro atoms. The second-order valence-electron chi connectivity index (χ2n) is 16.5. The third kappa shape index (κ3) is 11.7. The Hall–Kier alpha value is -4.01. The number of hydrogen-bond acceptors (Lipinski definition) is 8. The third-order valence-electron chi connectivity index (χ3n) is 11.5. The van der Waals surface area contributed by atoms with E-state index in [0.717, 1.165) is 0 Å². The third-order valence-corrected chi connectivity index (χ3v) is 11.5. The van der Waals surface area contributed by atoms with Gasteiger partial charge >= 0.3 is 0 Å². The molecule has 2 aliphatic heterocycles. The second-order valence-corrected chi connectivity index (χ2v) is 16.5. The van der Waals surface area contributed by atoms with Crippen molar-refractivity contribution in [2.45, 2.75) is 149 Å². The van der Waals surface area contributed by atoms with Gasteiger partial charge in [-0.05, 0) is 69.6 Å². The molecule has 2 heterocycles. The monoisotopic (exact) mass is 776 g/mol. The van der Waals surface area contributed by atoms with Crippen LogP contribution >= 0.6 is 0 Å². The number of aliphatic hydroxyl groups is 1. The predicted octanol–water partition coefficient (Wildman–Crippen LogP) is 1.68. The SMILES string of the molecule is C=C[C@H](C)C[C@@H]1NC(=O)[C@H](CC(C)C)N(C)C(=O)[C@H](C)N(C)C(=O)[C@H]([C@@H](C)CC)NC(=O)[C@H]([C@H](O)C(C)C)NC(=O)[C@H]2CCCCN2C(=O)[C@H](C)N(C)C1=O. The van der Waals surface area contributed by atoms with Gasteiger partial charge in [-0.15, -0.1) is 6.58 Å². The first-order chi connectivity index (χ1) is 25.6. The first-order valence-corrected chi connectivity index (χ1v) is 19.9. The minimum atomic E-state index is -1.47. The number of aliphatic hydroxyl groups excluding tert-OH is 1. The normalized spacial score (nSPS) is 29.3. The van der Waals surface area contributed by atoms with Crippen molar-refractivity contribution in [1.82, 2.24) is 35.6 Å². The number of allylic oxidation sites excluding steroid dienone is 1. The van der Waals surface area contributed by atoms with Crippen LogP contribution in [0.15, 0.2) is 12.7 Å². The summed E-state index contributed by atoms with van der Waals surface area (Å²) < 4.78 is 0. The number of piperidine rings is 1. The zero-order valence-corrected chi connectivity index (χ0v) is 35.3. The van der Waals surface area contributed by atoms with Crippen LogP contribution in [0.2, 0.25) is 0 Å². The summed E-state index contributed by atoms with van der Waals surface area (Å²) in [4.78, 5) is 104. The molecule has 55 heavy (non-hydrogen) atoms. The molecule has 0 saturated carbocycles. The minimum Gasteiger partial charge on any atom is -0.390 e. The summed E-state index contributed by atoms with van der Waals surface area (Å²) in [7, 11) is 4.41. The zero-order chi connectivity index (χ0) is 42.1. The Morgan fingerprint density at radius 3 is 1.84 bits per heavy atom. The van der Waals surface area contributed by atoms with E-state index in [1.807, 2.05) is 27.7 Å². The van der Waals surface area contributed by atoms with E-state index in [4.69, 9.17) is 0 Å². The molecule has 2 rings (SSSR count). The lowest BCUT2D eigenvalue weighted by Gasteiger charge is -2.39. The fourth-order valence-corrected chi connectivity index (χ4v) is 7.05. The topological polar surface area (TPSA) is 189 Å². The van der Waals surface area contributed by atoms with Crippen LogP contribution in [0.5, 0.6) is 0 Å². The molecule has 10 atom stereocenters. The highest BCUT2D eigenvalue weighted by Gasteiger charge is 2.43. The average molecular weight is 776 g/mol. The minimum absolute atomic E-state index is 0.0374. The number of likely N-dealkylation sites (N-methyl/N-ethyl adjacent to an activating group) is 3. The smallest absolute Gasteiger partial charge is 0.245 e. The molecule has 0 aromatic carbocycles. The Morgan fingerprint density at radius 1 is 0.727 bits per heavy atom. The number of hydrogen-bond donors (Lipinski definition) is 4. The van der Waals surface area contributed by atoms with Crippen LogP contribution < -0.4 is 16.0 Å². The molecule has 0 aliphatic carbocycles. The van der Waals surface area contributed by atoms with Gasteiger partial charge in [0.05, 0.1) is 6.10 Å². The molecule has 0 unspecified atom stereocenters. The van der Waals surface area contributed by atoms with Crippen LogP contribution in [0.25, 0.3) is 0 Å². The molecule has 312 valence electrons. The standard InChI is InChI=1S/C40H69N7O8/c1-14-24(7)21-28-39(54)44(11)27(10)38(53)47-19-17-16-18-29(47)34(49)43-32(33(48)23(5)6)36(51)42-31(25(8)15-2)40(55)45(12)26(9)37(52)46(13)30(20-22(3)4)35(50)41-28/h14,22-33,48H,1,15-21H2,2-13H3,(H,41,50)(H,42,51)(H,43,49)/t24-,25-,26-,27-,28-,29+,30-,31-,32-,33+/m0/s1. The maximum Gasteiger partial charge on any atom is 0.245 e. The van der Waals surface area contributed by atoms with Gasteiger partial charge in [0.1, 0.15) is 42.3 Å². The Kier molecular flexibility index (Phi) is 17.8. The molecule has 0 aromatic heterocycles. The van der Waals surface area contributed by atoms with Crippen molar-refractivity contribution >= 4 is 41.4 Å². The van der Waals surface area contributed by atoms with Gasteiger partial charge < -0.3 is 40.7 Å². The number of carbonyl (C=O) groups is 7. The van der Waals surface area contributed by atoms with Gasteiger partial charge in [0.2, 0.25) is 41.4 Å². The lowest BCUT2D eigenvalue weighted by molar-refractivity contribution is -0.151. The van der Waals surface area contributed by atoms with Crippen LogP contribution in [-0.2, 0) is 33.6 Å². The van der Waals surface area contributed by atoms with Crippen molar-refractivity contribution in [3.63, 3.8) is 0 Å². The van der Waals surface area contributed by atoms with Crippen molar-refractivity contribution in [2.75, 3.05) is 27.7 Å². The summed E-state index contributed by atoms with van der Waals surface area (Å²) in [5.41, 5.74) is 0. The van der Waals surface area contributed by atoms with Crippen LogP contribution in [0.1, 0.15) is 101 Å². The summed E-state index contributed by atoms with van der Waals surface area (Å²) in [5, 5.41) is 19.6. The molecule has 15 nitrogen and oxygen atoms in total. The predicted molar refractivity (Wildman–Crippen MR) is 210 cm³/mol. The molecule has 0 radical (unpaired) electrons. The van der Waals surface area contributed by atoms with Crippen molar-refractivity contribution < 1.29 is 38.7 Å². The highest BCUT2D eigenvalue weighted by Crippen LogP contribution is 2.23. The average Bonchev–Trinajstić information content (AvgIpc) is 3.16. The van der Waals surface area contributed by atoms with Crippen molar-refractivity contribution in [3.05, 3.63) is 12.7 Å². The summed E-state index contributed by atoms with van der Waals surface area (Å²) in [6.45, 7) is 19.8. The molecule has 7 amide bonds. The lowest BCUT2D eigenvalue weighted by Crippen LogP contribution is -2.64. The zero-order valence-electron chi connectivity index (χ0n) is 35.3. The van der Waals surface area contributed by atoms with Gasteiger partial charge in [0, 0.05) is 27.7 Å². The van der Waals surface area contributed by atoms with Gasteiger partial charge in [-0.2, -0.15) is 0 Å². The van der Waals surface area contributed by atoms with Crippen LogP contribution in [0.4, 0.5) is 0 Å². The fourth-order valence-electron chi connectivity index (χ4n) is 7.05. The first kappa shape index (κ1) is 47.1. The molecular weight excluding hydrogens is 706 g/mol. The maximum atomic E-state index is 14.2. The maximum absolute atomic E-state index is 14.2. The van der Waals surface area contributed by atoms with Crippen LogP contribution in [-0.4, -0.2) is 142 Å². The highest BCUT2D eigenvalue weighted by atomic mass is 16.3. The van der Waals surface area contributed by atoms with Crippen molar-refractivity contribution in [2.24, 2.45) is 23.7 Å². The van der Waals surface area contributed by atoms with E-state index in [-0.39, 0.29) is 31.2 Å². The molecule has 2 saturated heterocycles. The molecule has 4 N–H and O–H groups in total. The second kappa shape index (κ2) is 20.8. The highest BCUT2D eigenvalue weighted by molar-refractivity contribution is 5.98. The molecule has 2 fully saturated rings. The van der Waals surface area contributed by atoms with E-state index in [9.17, 15) is 38.7 Å². The van der Waals surface area contributed by atoms with E-state index in [1.54, 1.807) is 40.7 Å². The van der Waals surface area contributed by atoms with Gasteiger partial charge in [-0.3, -0.25) is 33.6 Å². The lowest BCUT2D eigenvalue weighted by atomic mass is 9.94. The Balaban J connectivity index is 2.80. The fraction of sp³-hybridized carbons (Fsp3) is 0.775. The summed E-state index contributed by atoms with van der Waals surface area (Å²) in [6, 6.07) is -7.80. The number of nitrogens with one attached hydrogen (secondary N) is 3. The van der Waals surface area contributed by atoms with Gasteiger partial charge in [0.25, 0.3) is 0 Å². The summed E-state index contributed by atoms with van der Waals surface area (Å²) >= 11 is 0. The van der Waals surface area contributed by atoms with E-state index in [2.05, 4.69) is 22.5 Å². The number of fused-ring (bicyclic) bond motifs is 1. The van der Waals surface area contributed by atoms with Crippen molar-refractivity contribution in [1.29, 1.82) is 0 Å². The number of carbonyl (C=O) groups excluding carboxylic acids is 7. The molecule has 0 bridgehead atoms. The molecule has 0 aromatic rings. The Morgan fingerprint density at radius 2 is 1.29 bits per heavy atom. The van der Waals surface area contributed by atoms with Gasteiger partial charge in [0.15, 0.2) is 0 Å². The largest absolute Gasteiger partial charge is 0.390 e. The number of rotatable bonds is 9.